The number of carbonyl (C=O) groups excluding carboxylic acids is 1. The quantitative estimate of drug-likeness (QED) is 0.536. The predicted octanol–water partition coefficient (Wildman–Crippen LogP) is 2.98. The van der Waals surface area contributed by atoms with Crippen LogP contribution in [0.4, 0.5) is 10.3 Å². The summed E-state index contributed by atoms with van der Waals surface area (Å²) in [6.45, 7) is 0.209. The van der Waals surface area contributed by atoms with Crippen molar-refractivity contribution in [2.75, 3.05) is 0 Å². The zero-order valence-corrected chi connectivity index (χ0v) is 12.9. The van der Waals surface area contributed by atoms with E-state index in [0.29, 0.717) is 10.4 Å². The standard InChI is InChI=1S/C15H10FN3O4S/c16-11-4-2-1-3-10(11)9-18-7-8-24-15(18)17-14(20)12-5-6-13(23-12)19(21)22/h1-8H,9H2. The van der Waals surface area contributed by atoms with Gasteiger partial charge >= 0.3 is 11.8 Å². The average Bonchev–Trinajstić information content (AvgIpc) is 3.19. The minimum Gasteiger partial charge on any atom is -0.395 e. The molecule has 0 radical (unpaired) electrons. The largest absolute Gasteiger partial charge is 0.433 e. The minimum absolute atomic E-state index is 0.209. The minimum atomic E-state index is -0.743. The molecule has 2 aromatic heterocycles. The molecule has 0 fully saturated rings. The molecule has 0 unspecified atom stereocenters. The average molecular weight is 347 g/mol. The highest BCUT2D eigenvalue weighted by Gasteiger charge is 2.17. The zero-order valence-electron chi connectivity index (χ0n) is 12.1. The van der Waals surface area contributed by atoms with Gasteiger partial charge in [-0.2, -0.15) is 4.99 Å². The topological polar surface area (TPSA) is 90.6 Å². The molecule has 2 heterocycles. The Kier molecular flexibility index (Phi) is 4.34. The van der Waals surface area contributed by atoms with Crippen molar-refractivity contribution in [2.24, 2.45) is 4.99 Å². The second-order valence-electron chi connectivity index (χ2n) is 4.72. The third-order valence-corrected chi connectivity index (χ3v) is 3.93. The highest BCUT2D eigenvalue weighted by Crippen LogP contribution is 2.16. The molecule has 24 heavy (non-hydrogen) atoms. The summed E-state index contributed by atoms with van der Waals surface area (Å²) >= 11 is 1.19. The van der Waals surface area contributed by atoms with Crippen molar-refractivity contribution in [2.45, 2.75) is 6.54 Å². The highest BCUT2D eigenvalue weighted by molar-refractivity contribution is 7.07. The number of hydrogen-bond donors (Lipinski definition) is 0. The van der Waals surface area contributed by atoms with Crippen LogP contribution < -0.4 is 4.80 Å². The Morgan fingerprint density at radius 3 is 2.83 bits per heavy atom. The molecule has 0 aliphatic rings. The van der Waals surface area contributed by atoms with Crippen molar-refractivity contribution in [1.82, 2.24) is 4.57 Å². The van der Waals surface area contributed by atoms with E-state index < -0.39 is 16.7 Å². The Morgan fingerprint density at radius 2 is 2.12 bits per heavy atom. The number of hydrogen-bond acceptors (Lipinski definition) is 5. The molecule has 0 aliphatic carbocycles. The van der Waals surface area contributed by atoms with Crippen LogP contribution in [0.15, 0.2) is 57.4 Å². The number of benzene rings is 1. The van der Waals surface area contributed by atoms with E-state index in [-0.39, 0.29) is 18.1 Å². The Morgan fingerprint density at radius 1 is 1.33 bits per heavy atom. The number of nitro groups is 1. The first-order valence-electron chi connectivity index (χ1n) is 6.75. The van der Waals surface area contributed by atoms with Crippen molar-refractivity contribution in [3.8, 4) is 0 Å². The Balaban J connectivity index is 1.88. The summed E-state index contributed by atoms with van der Waals surface area (Å²) in [5.41, 5.74) is 0.457. The number of halogens is 1. The first-order chi connectivity index (χ1) is 11.5. The Labute approximate surface area is 138 Å². The van der Waals surface area contributed by atoms with Crippen molar-refractivity contribution in [3.63, 3.8) is 0 Å². The van der Waals surface area contributed by atoms with Gasteiger partial charge in [0.05, 0.1) is 12.6 Å². The molecule has 3 rings (SSSR count). The van der Waals surface area contributed by atoms with Crippen LogP contribution in [0.3, 0.4) is 0 Å². The maximum atomic E-state index is 13.7. The van der Waals surface area contributed by atoms with Crippen molar-refractivity contribution in [3.05, 3.63) is 80.0 Å². The predicted molar refractivity (Wildman–Crippen MR) is 83.1 cm³/mol. The lowest BCUT2D eigenvalue weighted by Crippen LogP contribution is -2.17. The lowest BCUT2D eigenvalue weighted by molar-refractivity contribution is -0.402. The molecular formula is C15H10FN3O4S. The summed E-state index contributed by atoms with van der Waals surface area (Å²) in [5.74, 6) is -1.85. The molecule has 0 saturated carbocycles. The SMILES string of the molecule is O=C(N=c1sccn1Cc1ccccc1F)c1ccc([N+](=O)[O-])o1. The second kappa shape index (κ2) is 6.59. The van der Waals surface area contributed by atoms with Crippen LogP contribution in [-0.2, 0) is 6.54 Å². The van der Waals surface area contributed by atoms with Crippen molar-refractivity contribution in [1.29, 1.82) is 0 Å². The van der Waals surface area contributed by atoms with E-state index in [4.69, 9.17) is 4.42 Å². The van der Waals surface area contributed by atoms with Gasteiger partial charge in [-0.15, -0.1) is 11.3 Å². The lowest BCUT2D eigenvalue weighted by Gasteiger charge is -2.04. The van der Waals surface area contributed by atoms with Crippen LogP contribution in [0.25, 0.3) is 0 Å². The molecule has 122 valence electrons. The van der Waals surface area contributed by atoms with E-state index in [1.807, 2.05) is 0 Å². The number of nitrogens with zero attached hydrogens (tertiary/aromatic N) is 3. The molecule has 0 bridgehead atoms. The molecular weight excluding hydrogens is 337 g/mol. The van der Waals surface area contributed by atoms with Gasteiger partial charge in [-0.05, 0) is 12.1 Å². The normalized spacial score (nSPS) is 11.6. The van der Waals surface area contributed by atoms with E-state index >= 15 is 0 Å². The fourth-order valence-electron chi connectivity index (χ4n) is 2.00. The molecule has 0 atom stereocenters. The first kappa shape index (κ1) is 15.8. The van der Waals surface area contributed by atoms with Gasteiger partial charge in [-0.3, -0.25) is 14.9 Å². The summed E-state index contributed by atoms with van der Waals surface area (Å²) in [4.78, 5) is 26.1. The summed E-state index contributed by atoms with van der Waals surface area (Å²) in [6.07, 6.45) is 1.67. The number of aromatic nitrogens is 1. The maximum absolute atomic E-state index is 13.7. The number of carbonyl (C=O) groups is 1. The fraction of sp³-hybridized carbons (Fsp3) is 0.0667. The van der Waals surface area contributed by atoms with Crippen LogP contribution >= 0.6 is 11.3 Å². The third-order valence-electron chi connectivity index (χ3n) is 3.14. The van der Waals surface area contributed by atoms with Gasteiger partial charge in [-0.25, -0.2) is 4.39 Å². The smallest absolute Gasteiger partial charge is 0.395 e. The Bertz CT molecular complexity index is 973. The number of furan rings is 1. The fourth-order valence-corrected chi connectivity index (χ4v) is 2.73. The van der Waals surface area contributed by atoms with Crippen LogP contribution in [0, 0.1) is 15.9 Å². The van der Waals surface area contributed by atoms with Gasteiger partial charge in [0, 0.05) is 17.1 Å². The molecule has 0 aliphatic heterocycles. The van der Waals surface area contributed by atoms with Crippen LogP contribution in [-0.4, -0.2) is 15.4 Å². The van der Waals surface area contributed by atoms with Gasteiger partial charge in [0.15, 0.2) is 4.80 Å². The maximum Gasteiger partial charge on any atom is 0.433 e. The molecule has 0 spiro atoms. The van der Waals surface area contributed by atoms with Gasteiger partial charge in [0.25, 0.3) is 0 Å². The highest BCUT2D eigenvalue weighted by atomic mass is 32.1. The van der Waals surface area contributed by atoms with Crippen LogP contribution in [0.5, 0.6) is 0 Å². The molecule has 9 heteroatoms. The van der Waals surface area contributed by atoms with Crippen LogP contribution in [0.2, 0.25) is 0 Å². The Hall–Kier alpha value is -3.07. The molecule has 3 aromatic rings. The van der Waals surface area contributed by atoms with E-state index in [1.165, 1.54) is 23.5 Å². The zero-order chi connectivity index (χ0) is 17.1. The molecule has 1 aromatic carbocycles. The summed E-state index contributed by atoms with van der Waals surface area (Å²) in [7, 11) is 0. The summed E-state index contributed by atoms with van der Waals surface area (Å²) in [5, 5.41) is 12.3. The number of thiazole rings is 1. The van der Waals surface area contributed by atoms with Crippen molar-refractivity contribution < 1.29 is 18.5 Å². The monoisotopic (exact) mass is 347 g/mol. The first-order valence-corrected chi connectivity index (χ1v) is 7.63. The summed E-state index contributed by atoms with van der Waals surface area (Å²) in [6, 6.07) is 8.59. The molecule has 7 nitrogen and oxygen atoms in total. The van der Waals surface area contributed by atoms with E-state index in [0.717, 1.165) is 6.07 Å². The second-order valence-corrected chi connectivity index (χ2v) is 5.59. The molecule has 0 saturated heterocycles. The molecule has 0 N–H and O–H groups in total. The summed E-state index contributed by atoms with van der Waals surface area (Å²) < 4.78 is 20.2. The molecule has 1 amide bonds. The van der Waals surface area contributed by atoms with Gasteiger partial charge in [-0.1, -0.05) is 18.2 Å². The van der Waals surface area contributed by atoms with Crippen molar-refractivity contribution >= 4 is 23.1 Å². The van der Waals surface area contributed by atoms with E-state index in [1.54, 1.807) is 34.3 Å². The van der Waals surface area contributed by atoms with E-state index in [9.17, 15) is 19.3 Å². The van der Waals surface area contributed by atoms with Gasteiger partial charge in [0.1, 0.15) is 10.7 Å². The van der Waals surface area contributed by atoms with E-state index in [2.05, 4.69) is 4.99 Å². The number of amides is 1. The lowest BCUT2D eigenvalue weighted by atomic mass is 10.2. The van der Waals surface area contributed by atoms with Gasteiger partial charge in [0.2, 0.25) is 5.76 Å². The third kappa shape index (κ3) is 3.30. The van der Waals surface area contributed by atoms with Crippen LogP contribution in [0.1, 0.15) is 16.1 Å². The van der Waals surface area contributed by atoms with Gasteiger partial charge < -0.3 is 8.98 Å². The number of rotatable bonds is 4.